The lowest BCUT2D eigenvalue weighted by Crippen LogP contribution is -2.25. The second-order valence-electron chi connectivity index (χ2n) is 6.27. The van der Waals surface area contributed by atoms with Crippen LogP contribution in [0.5, 0.6) is 5.75 Å². The normalized spacial score (nSPS) is 10.3. The number of rotatable bonds is 9. The van der Waals surface area contributed by atoms with Crippen LogP contribution in [-0.2, 0) is 9.53 Å². The highest BCUT2D eigenvalue weighted by Crippen LogP contribution is 2.16. The molecule has 144 valence electrons. The molecule has 0 aliphatic rings. The zero-order valence-electron chi connectivity index (χ0n) is 16.0. The van der Waals surface area contributed by atoms with E-state index in [1.165, 1.54) is 5.56 Å². The fraction of sp³-hybridized carbons (Fsp3) is 0.333. The average molecular weight is 370 g/mol. The number of hydrogen-bond donors (Lipinski definition) is 2. The second-order valence-corrected chi connectivity index (χ2v) is 6.27. The van der Waals surface area contributed by atoms with E-state index >= 15 is 0 Å². The maximum Gasteiger partial charge on any atom is 0.262 e. The second kappa shape index (κ2) is 10.3. The van der Waals surface area contributed by atoms with Gasteiger partial charge in [0.1, 0.15) is 5.75 Å². The number of carbonyl (C=O) groups excluding carboxylic acids is 2. The van der Waals surface area contributed by atoms with Crippen LogP contribution in [0.2, 0.25) is 0 Å². The largest absolute Gasteiger partial charge is 0.484 e. The predicted molar refractivity (Wildman–Crippen MR) is 105 cm³/mol. The summed E-state index contributed by atoms with van der Waals surface area (Å²) in [4.78, 5) is 24.2. The molecule has 0 saturated carbocycles. The van der Waals surface area contributed by atoms with E-state index in [0.29, 0.717) is 30.2 Å². The number of amides is 2. The molecule has 2 N–H and O–H groups in total. The Balaban J connectivity index is 1.86. The number of benzene rings is 2. The average Bonchev–Trinajstić information content (AvgIpc) is 2.66. The molecule has 0 fully saturated rings. The summed E-state index contributed by atoms with van der Waals surface area (Å²) < 4.78 is 10.5. The molecule has 0 saturated heterocycles. The molecule has 0 unspecified atom stereocenters. The van der Waals surface area contributed by atoms with Gasteiger partial charge in [-0.2, -0.15) is 0 Å². The topological polar surface area (TPSA) is 76.7 Å². The van der Waals surface area contributed by atoms with Crippen LogP contribution in [0.4, 0.5) is 5.69 Å². The van der Waals surface area contributed by atoms with Gasteiger partial charge in [0.25, 0.3) is 11.8 Å². The molecule has 27 heavy (non-hydrogen) atoms. The summed E-state index contributed by atoms with van der Waals surface area (Å²) >= 11 is 0. The highest BCUT2D eigenvalue weighted by molar-refractivity contribution is 5.97. The van der Waals surface area contributed by atoms with Crippen LogP contribution in [0.15, 0.2) is 42.5 Å². The fourth-order valence-electron chi connectivity index (χ4n) is 2.41. The Kier molecular flexibility index (Phi) is 7.82. The highest BCUT2D eigenvalue weighted by Gasteiger charge is 2.08. The molecule has 2 aromatic rings. The van der Waals surface area contributed by atoms with E-state index in [1.807, 2.05) is 32.0 Å². The Morgan fingerprint density at radius 2 is 1.85 bits per heavy atom. The van der Waals surface area contributed by atoms with Gasteiger partial charge in [-0.25, -0.2) is 0 Å². The number of anilines is 1. The van der Waals surface area contributed by atoms with E-state index < -0.39 is 0 Å². The molecule has 0 radical (unpaired) electrons. The van der Waals surface area contributed by atoms with Crippen molar-refractivity contribution in [2.45, 2.75) is 20.3 Å². The van der Waals surface area contributed by atoms with Crippen LogP contribution in [0.1, 0.15) is 27.9 Å². The zero-order chi connectivity index (χ0) is 19.6. The van der Waals surface area contributed by atoms with E-state index in [9.17, 15) is 9.59 Å². The molecule has 2 amide bonds. The van der Waals surface area contributed by atoms with E-state index in [-0.39, 0.29) is 18.4 Å². The molecule has 6 nitrogen and oxygen atoms in total. The number of carbonyl (C=O) groups is 2. The molecule has 0 aliphatic heterocycles. The summed E-state index contributed by atoms with van der Waals surface area (Å²) in [5.74, 6) is 0.178. The molecule has 0 atom stereocenters. The lowest BCUT2D eigenvalue weighted by atomic mass is 10.1. The minimum atomic E-state index is -0.286. The first-order chi connectivity index (χ1) is 13.0. The SMILES string of the molecule is COCCCNC(=O)c1cccc(NC(=O)COc2ccc(C)c(C)c2)c1. The third-order valence-corrected chi connectivity index (χ3v) is 4.07. The van der Waals surface area contributed by atoms with Gasteiger partial charge in [0, 0.05) is 31.5 Å². The van der Waals surface area contributed by atoms with Crippen molar-refractivity contribution in [3.63, 3.8) is 0 Å². The van der Waals surface area contributed by atoms with Gasteiger partial charge in [-0.15, -0.1) is 0 Å². The highest BCUT2D eigenvalue weighted by atomic mass is 16.5. The molecule has 0 heterocycles. The third-order valence-electron chi connectivity index (χ3n) is 4.07. The Morgan fingerprint density at radius 3 is 2.59 bits per heavy atom. The van der Waals surface area contributed by atoms with Gasteiger partial charge in [-0.1, -0.05) is 12.1 Å². The van der Waals surface area contributed by atoms with Crippen molar-refractivity contribution in [2.75, 3.05) is 32.2 Å². The summed E-state index contributed by atoms with van der Waals surface area (Å²) in [6, 6.07) is 12.5. The summed E-state index contributed by atoms with van der Waals surface area (Å²) in [7, 11) is 1.62. The van der Waals surface area contributed by atoms with Crippen molar-refractivity contribution >= 4 is 17.5 Å². The molecule has 6 heteroatoms. The first-order valence-corrected chi connectivity index (χ1v) is 8.86. The fourth-order valence-corrected chi connectivity index (χ4v) is 2.41. The lowest BCUT2D eigenvalue weighted by Gasteiger charge is -2.10. The monoisotopic (exact) mass is 370 g/mol. The van der Waals surface area contributed by atoms with Crippen molar-refractivity contribution in [3.05, 3.63) is 59.2 Å². The molecule has 0 spiro atoms. The van der Waals surface area contributed by atoms with E-state index in [4.69, 9.17) is 9.47 Å². The first-order valence-electron chi connectivity index (χ1n) is 8.86. The lowest BCUT2D eigenvalue weighted by molar-refractivity contribution is -0.118. The molecule has 2 aromatic carbocycles. The number of nitrogens with one attached hydrogen (secondary N) is 2. The quantitative estimate of drug-likeness (QED) is 0.665. The van der Waals surface area contributed by atoms with Crippen LogP contribution in [-0.4, -0.2) is 38.7 Å². The Bertz CT molecular complexity index is 790. The molecule has 0 bridgehead atoms. The van der Waals surface area contributed by atoms with Crippen molar-refractivity contribution in [3.8, 4) is 5.75 Å². The summed E-state index contributed by atoms with van der Waals surface area (Å²) in [5.41, 5.74) is 3.31. The Morgan fingerprint density at radius 1 is 1.04 bits per heavy atom. The van der Waals surface area contributed by atoms with Crippen LogP contribution in [0.3, 0.4) is 0 Å². The van der Waals surface area contributed by atoms with Gasteiger partial charge >= 0.3 is 0 Å². The Hall–Kier alpha value is -2.86. The number of aryl methyl sites for hydroxylation is 2. The molecule has 0 aromatic heterocycles. The van der Waals surface area contributed by atoms with E-state index in [1.54, 1.807) is 31.4 Å². The zero-order valence-corrected chi connectivity index (χ0v) is 16.0. The minimum Gasteiger partial charge on any atom is -0.484 e. The van der Waals surface area contributed by atoms with Crippen LogP contribution >= 0.6 is 0 Å². The summed E-state index contributed by atoms with van der Waals surface area (Å²) in [5, 5.41) is 5.56. The molecule has 0 aliphatic carbocycles. The smallest absolute Gasteiger partial charge is 0.262 e. The standard InChI is InChI=1S/C21H26N2O4/c1-15-8-9-19(12-16(15)2)27-14-20(24)23-18-7-4-6-17(13-18)21(25)22-10-5-11-26-3/h4,6-9,12-13H,5,10-11,14H2,1-3H3,(H,22,25)(H,23,24). The van der Waals surface area contributed by atoms with Crippen molar-refractivity contribution in [2.24, 2.45) is 0 Å². The Labute approximate surface area is 159 Å². The van der Waals surface area contributed by atoms with Gasteiger partial charge < -0.3 is 20.1 Å². The number of methoxy groups -OCH3 is 1. The molecular weight excluding hydrogens is 344 g/mol. The van der Waals surface area contributed by atoms with Crippen LogP contribution in [0.25, 0.3) is 0 Å². The molecular formula is C21H26N2O4. The van der Waals surface area contributed by atoms with Gasteiger partial charge in [-0.05, 0) is 61.7 Å². The number of ether oxygens (including phenoxy) is 2. The maximum absolute atomic E-state index is 12.1. The van der Waals surface area contributed by atoms with E-state index in [2.05, 4.69) is 10.6 Å². The van der Waals surface area contributed by atoms with Gasteiger partial charge in [0.05, 0.1) is 0 Å². The van der Waals surface area contributed by atoms with Crippen LogP contribution in [0, 0.1) is 13.8 Å². The van der Waals surface area contributed by atoms with Crippen molar-refractivity contribution in [1.82, 2.24) is 5.32 Å². The third kappa shape index (κ3) is 6.75. The van der Waals surface area contributed by atoms with E-state index in [0.717, 1.165) is 12.0 Å². The number of hydrogen-bond acceptors (Lipinski definition) is 4. The minimum absolute atomic E-state index is 0.101. The van der Waals surface area contributed by atoms with Crippen LogP contribution < -0.4 is 15.4 Å². The molecule has 2 rings (SSSR count). The summed E-state index contributed by atoms with van der Waals surface area (Å²) in [6.45, 7) is 5.04. The predicted octanol–water partition coefficient (Wildman–Crippen LogP) is 3.09. The van der Waals surface area contributed by atoms with Crippen molar-refractivity contribution in [1.29, 1.82) is 0 Å². The van der Waals surface area contributed by atoms with Crippen molar-refractivity contribution < 1.29 is 19.1 Å². The van der Waals surface area contributed by atoms with Gasteiger partial charge in [-0.3, -0.25) is 9.59 Å². The van der Waals surface area contributed by atoms with Gasteiger partial charge in [0.2, 0.25) is 0 Å². The summed E-state index contributed by atoms with van der Waals surface area (Å²) in [6.07, 6.45) is 0.745. The maximum atomic E-state index is 12.1. The first kappa shape index (κ1) is 20.5. The van der Waals surface area contributed by atoms with Gasteiger partial charge in [0.15, 0.2) is 6.61 Å².